The lowest BCUT2D eigenvalue weighted by Crippen LogP contribution is -2.44. The van der Waals surface area contributed by atoms with Crippen LogP contribution in [0.1, 0.15) is 50.5 Å². The molecule has 6 heteroatoms. The molecule has 134 valence electrons. The fourth-order valence-electron chi connectivity index (χ4n) is 3.23. The number of hydrogen-bond donors (Lipinski definition) is 1. The molecule has 1 aliphatic carbocycles. The molecule has 1 aromatic rings. The Morgan fingerprint density at radius 3 is 2.29 bits per heavy atom. The second-order valence-corrected chi connectivity index (χ2v) is 8.57. The predicted octanol–water partition coefficient (Wildman–Crippen LogP) is 2.99. The molecule has 0 aliphatic heterocycles. The van der Waals surface area contributed by atoms with Gasteiger partial charge in [0.25, 0.3) is 0 Å². The number of benzene rings is 1. The van der Waals surface area contributed by atoms with Gasteiger partial charge in [-0.3, -0.25) is 9.10 Å². The van der Waals surface area contributed by atoms with Crippen LogP contribution >= 0.6 is 0 Å². The van der Waals surface area contributed by atoms with E-state index in [0.717, 1.165) is 37.5 Å². The number of anilines is 1. The van der Waals surface area contributed by atoms with Gasteiger partial charge in [0.15, 0.2) is 0 Å². The van der Waals surface area contributed by atoms with E-state index in [9.17, 15) is 13.2 Å². The summed E-state index contributed by atoms with van der Waals surface area (Å²) in [4.78, 5) is 12.4. The largest absolute Gasteiger partial charge is 0.352 e. The van der Waals surface area contributed by atoms with Crippen molar-refractivity contribution < 1.29 is 13.2 Å². The van der Waals surface area contributed by atoms with Gasteiger partial charge in [-0.15, -0.1) is 0 Å². The van der Waals surface area contributed by atoms with Crippen LogP contribution in [0.4, 0.5) is 5.69 Å². The molecule has 0 atom stereocenters. The summed E-state index contributed by atoms with van der Waals surface area (Å²) in [6.07, 6.45) is 9.05. The summed E-state index contributed by atoms with van der Waals surface area (Å²) in [5.74, 6) is -0.228. The number of carbonyl (C=O) groups is 1. The van der Waals surface area contributed by atoms with E-state index in [0.29, 0.717) is 5.69 Å². The minimum Gasteiger partial charge on any atom is -0.352 e. The molecular weight excluding hydrogens is 324 g/mol. The van der Waals surface area contributed by atoms with E-state index >= 15 is 0 Å². The molecular formula is C18H28N2O3S. The number of rotatable bonds is 5. The number of nitrogens with one attached hydrogen (secondary N) is 1. The zero-order chi connectivity index (χ0) is 17.6. The Bertz CT molecular complexity index is 650. The first-order chi connectivity index (χ1) is 11.4. The van der Waals surface area contributed by atoms with Crippen LogP contribution in [0.3, 0.4) is 0 Å². The first kappa shape index (κ1) is 18.8. The second-order valence-electron chi connectivity index (χ2n) is 6.67. The van der Waals surface area contributed by atoms with E-state index in [-0.39, 0.29) is 18.5 Å². The predicted molar refractivity (Wildman–Crippen MR) is 97.6 cm³/mol. The highest BCUT2D eigenvalue weighted by Crippen LogP contribution is 2.22. The fraction of sp³-hybridized carbons (Fsp3) is 0.611. The van der Waals surface area contributed by atoms with E-state index in [1.54, 1.807) is 12.1 Å². The summed E-state index contributed by atoms with van der Waals surface area (Å²) >= 11 is 0. The van der Waals surface area contributed by atoms with Gasteiger partial charge in [0.2, 0.25) is 15.9 Å². The highest BCUT2D eigenvalue weighted by molar-refractivity contribution is 7.92. The molecule has 5 nitrogen and oxygen atoms in total. The van der Waals surface area contributed by atoms with Gasteiger partial charge in [-0.1, -0.05) is 50.3 Å². The summed E-state index contributed by atoms with van der Waals surface area (Å²) < 4.78 is 25.5. The Morgan fingerprint density at radius 2 is 1.71 bits per heavy atom. The molecule has 2 rings (SSSR count). The number of carbonyl (C=O) groups excluding carboxylic acids is 1. The number of amides is 1. The van der Waals surface area contributed by atoms with Crippen molar-refractivity contribution >= 4 is 21.6 Å². The zero-order valence-corrected chi connectivity index (χ0v) is 15.4. The van der Waals surface area contributed by atoms with Gasteiger partial charge in [-0.05, 0) is 31.4 Å². The van der Waals surface area contributed by atoms with Crippen LogP contribution in [0.2, 0.25) is 0 Å². The van der Waals surface area contributed by atoms with Crippen LogP contribution in [0, 0.1) is 6.92 Å². The zero-order valence-electron chi connectivity index (χ0n) is 14.6. The van der Waals surface area contributed by atoms with Crippen LogP contribution in [0.25, 0.3) is 0 Å². The smallest absolute Gasteiger partial charge is 0.240 e. The van der Waals surface area contributed by atoms with Gasteiger partial charge in [-0.25, -0.2) is 8.42 Å². The molecule has 0 aromatic heterocycles. The van der Waals surface area contributed by atoms with Crippen molar-refractivity contribution in [1.82, 2.24) is 5.32 Å². The van der Waals surface area contributed by atoms with Gasteiger partial charge in [0.05, 0.1) is 11.9 Å². The second kappa shape index (κ2) is 8.51. The lowest BCUT2D eigenvalue weighted by Gasteiger charge is -2.26. The minimum atomic E-state index is -3.52. The van der Waals surface area contributed by atoms with Gasteiger partial charge in [-0.2, -0.15) is 0 Å². The van der Waals surface area contributed by atoms with Crippen LogP contribution in [0.15, 0.2) is 24.3 Å². The third-order valence-electron chi connectivity index (χ3n) is 4.54. The maximum atomic E-state index is 12.4. The molecule has 1 N–H and O–H groups in total. The van der Waals surface area contributed by atoms with E-state index in [1.807, 2.05) is 19.1 Å². The summed E-state index contributed by atoms with van der Waals surface area (Å²) in [6, 6.07) is 7.39. The molecule has 0 radical (unpaired) electrons. The molecule has 0 spiro atoms. The van der Waals surface area contributed by atoms with Crippen LogP contribution in [-0.4, -0.2) is 33.2 Å². The van der Waals surface area contributed by atoms with Crippen molar-refractivity contribution in [2.45, 2.75) is 57.9 Å². The van der Waals surface area contributed by atoms with Crippen LogP contribution in [0.5, 0.6) is 0 Å². The highest BCUT2D eigenvalue weighted by Gasteiger charge is 2.23. The maximum absolute atomic E-state index is 12.4. The molecule has 1 fully saturated rings. The van der Waals surface area contributed by atoms with Gasteiger partial charge in [0.1, 0.15) is 6.54 Å². The quantitative estimate of drug-likeness (QED) is 0.886. The van der Waals surface area contributed by atoms with Crippen LogP contribution < -0.4 is 9.62 Å². The first-order valence-corrected chi connectivity index (χ1v) is 10.6. The molecule has 1 saturated carbocycles. The molecule has 1 amide bonds. The van der Waals surface area contributed by atoms with E-state index in [4.69, 9.17) is 0 Å². The Balaban J connectivity index is 2.06. The number of sulfonamides is 1. The number of aryl methyl sites for hydroxylation is 1. The summed E-state index contributed by atoms with van der Waals surface area (Å²) in [5, 5.41) is 3.03. The minimum absolute atomic E-state index is 0.163. The van der Waals surface area contributed by atoms with Crippen molar-refractivity contribution in [2.75, 3.05) is 17.1 Å². The van der Waals surface area contributed by atoms with E-state index in [1.165, 1.54) is 23.6 Å². The third-order valence-corrected chi connectivity index (χ3v) is 5.67. The summed E-state index contributed by atoms with van der Waals surface area (Å²) in [6.45, 7) is 1.68. The van der Waals surface area contributed by atoms with Crippen LogP contribution in [-0.2, 0) is 14.8 Å². The highest BCUT2D eigenvalue weighted by atomic mass is 32.2. The van der Waals surface area contributed by atoms with Gasteiger partial charge in [0, 0.05) is 6.04 Å². The summed E-state index contributed by atoms with van der Waals surface area (Å²) in [7, 11) is -3.52. The topological polar surface area (TPSA) is 66.5 Å². The lowest BCUT2D eigenvalue weighted by molar-refractivity contribution is -0.120. The van der Waals surface area contributed by atoms with Crippen molar-refractivity contribution in [3.8, 4) is 0 Å². The Kier molecular flexibility index (Phi) is 6.66. The first-order valence-electron chi connectivity index (χ1n) is 8.70. The molecule has 0 bridgehead atoms. The fourth-order valence-corrected chi connectivity index (χ4v) is 4.14. The maximum Gasteiger partial charge on any atom is 0.240 e. The average molecular weight is 353 g/mol. The molecule has 0 heterocycles. The lowest BCUT2D eigenvalue weighted by atomic mass is 9.97. The molecule has 0 unspecified atom stereocenters. The number of nitrogens with zero attached hydrogens (tertiary/aromatic N) is 1. The molecule has 24 heavy (non-hydrogen) atoms. The average Bonchev–Trinajstić information content (AvgIpc) is 2.47. The van der Waals surface area contributed by atoms with Gasteiger partial charge < -0.3 is 5.32 Å². The molecule has 0 saturated heterocycles. The SMILES string of the molecule is Cc1ccccc1N(CC(=O)NC1CCCCCCC1)S(C)(=O)=O. The number of hydrogen-bond acceptors (Lipinski definition) is 3. The number of para-hydroxylation sites is 1. The van der Waals surface area contributed by atoms with E-state index < -0.39 is 10.0 Å². The Labute approximate surface area is 145 Å². The Hall–Kier alpha value is -1.56. The Morgan fingerprint density at radius 1 is 1.12 bits per heavy atom. The summed E-state index contributed by atoms with van der Waals surface area (Å²) in [5.41, 5.74) is 1.40. The van der Waals surface area contributed by atoms with Crippen molar-refractivity contribution in [1.29, 1.82) is 0 Å². The standard InChI is InChI=1S/C18H28N2O3S/c1-15-10-8-9-13-17(15)20(24(2,22)23)14-18(21)19-16-11-6-4-3-5-7-12-16/h8-10,13,16H,3-7,11-12,14H2,1-2H3,(H,19,21). The van der Waals surface area contributed by atoms with Crippen molar-refractivity contribution in [2.24, 2.45) is 0 Å². The molecule has 1 aromatic carbocycles. The normalized spacial score (nSPS) is 16.9. The van der Waals surface area contributed by atoms with E-state index in [2.05, 4.69) is 5.32 Å². The van der Waals surface area contributed by atoms with Gasteiger partial charge >= 0.3 is 0 Å². The molecule has 1 aliphatic rings. The van der Waals surface area contributed by atoms with Crippen molar-refractivity contribution in [3.05, 3.63) is 29.8 Å². The third kappa shape index (κ3) is 5.51. The van der Waals surface area contributed by atoms with Crippen molar-refractivity contribution in [3.63, 3.8) is 0 Å². The monoisotopic (exact) mass is 352 g/mol.